The highest BCUT2D eigenvalue weighted by Gasteiger charge is 2.11. The van der Waals surface area contributed by atoms with Crippen molar-refractivity contribution in [3.63, 3.8) is 0 Å². The number of aromatic nitrogens is 2. The molecule has 5 heteroatoms. The maximum Gasteiger partial charge on any atom is 0.124 e. The molecule has 20 heavy (non-hydrogen) atoms. The van der Waals surface area contributed by atoms with E-state index in [0.29, 0.717) is 12.2 Å². The molecule has 0 aliphatic heterocycles. The van der Waals surface area contributed by atoms with Crippen LogP contribution >= 0.6 is 11.8 Å². The summed E-state index contributed by atoms with van der Waals surface area (Å²) in [5.74, 6) is 1.18. The number of thioether (sulfide) groups is 1. The number of aliphatic hydroxyl groups excluding tert-OH is 1. The van der Waals surface area contributed by atoms with E-state index in [9.17, 15) is 9.50 Å². The van der Waals surface area contributed by atoms with E-state index in [-0.39, 0.29) is 5.82 Å². The topological polar surface area (TPSA) is 38.0 Å². The van der Waals surface area contributed by atoms with Gasteiger partial charge in [0.2, 0.25) is 0 Å². The molecule has 0 radical (unpaired) electrons. The van der Waals surface area contributed by atoms with Gasteiger partial charge >= 0.3 is 0 Å². The third-order valence-corrected chi connectivity index (χ3v) is 4.06. The van der Waals surface area contributed by atoms with Crippen molar-refractivity contribution >= 4 is 11.8 Å². The van der Waals surface area contributed by atoms with E-state index in [4.69, 9.17) is 0 Å². The summed E-state index contributed by atoms with van der Waals surface area (Å²) >= 11 is 1.46. The SMILES string of the molecule is CCCn1ccnc1CC(O)CSc1cccc(F)c1. The molecule has 0 bridgehead atoms. The lowest BCUT2D eigenvalue weighted by molar-refractivity contribution is 0.196. The molecular formula is C15H19FN2OS. The zero-order chi connectivity index (χ0) is 14.4. The summed E-state index contributed by atoms with van der Waals surface area (Å²) in [5, 5.41) is 10.1. The van der Waals surface area contributed by atoms with Crippen LogP contribution in [0.5, 0.6) is 0 Å². The number of aryl methyl sites for hydroxylation is 1. The summed E-state index contributed by atoms with van der Waals surface area (Å²) < 4.78 is 15.1. The lowest BCUT2D eigenvalue weighted by Gasteiger charge is -2.11. The number of nitrogens with zero attached hydrogens (tertiary/aromatic N) is 2. The van der Waals surface area contributed by atoms with Crippen LogP contribution < -0.4 is 0 Å². The average molecular weight is 294 g/mol. The number of benzene rings is 1. The van der Waals surface area contributed by atoms with Crippen molar-refractivity contribution in [3.05, 3.63) is 48.3 Å². The fourth-order valence-electron chi connectivity index (χ4n) is 1.99. The first-order valence-corrected chi connectivity index (χ1v) is 7.74. The van der Waals surface area contributed by atoms with Crippen LogP contribution in [0, 0.1) is 5.82 Å². The van der Waals surface area contributed by atoms with E-state index in [1.54, 1.807) is 12.3 Å². The van der Waals surface area contributed by atoms with Gasteiger partial charge in [-0.2, -0.15) is 0 Å². The largest absolute Gasteiger partial charge is 0.392 e. The lowest BCUT2D eigenvalue weighted by atomic mass is 10.2. The summed E-state index contributed by atoms with van der Waals surface area (Å²) in [6, 6.07) is 6.42. The van der Waals surface area contributed by atoms with Gasteiger partial charge in [0.1, 0.15) is 11.6 Å². The minimum atomic E-state index is -0.485. The van der Waals surface area contributed by atoms with Gasteiger partial charge in [0.05, 0.1) is 6.10 Å². The Morgan fingerprint density at radius 1 is 1.45 bits per heavy atom. The first-order valence-electron chi connectivity index (χ1n) is 6.75. The third-order valence-electron chi connectivity index (χ3n) is 2.92. The van der Waals surface area contributed by atoms with Gasteiger partial charge in [-0.3, -0.25) is 0 Å². The van der Waals surface area contributed by atoms with Gasteiger partial charge in [-0.1, -0.05) is 13.0 Å². The molecule has 1 aromatic heterocycles. The highest BCUT2D eigenvalue weighted by atomic mass is 32.2. The molecule has 108 valence electrons. The zero-order valence-corrected chi connectivity index (χ0v) is 12.3. The second-order valence-electron chi connectivity index (χ2n) is 4.66. The maximum atomic E-state index is 13.0. The quantitative estimate of drug-likeness (QED) is 0.797. The molecule has 0 aliphatic carbocycles. The smallest absolute Gasteiger partial charge is 0.124 e. The van der Waals surface area contributed by atoms with Crippen LogP contribution in [0.3, 0.4) is 0 Å². The van der Waals surface area contributed by atoms with Crippen molar-refractivity contribution in [3.8, 4) is 0 Å². The molecule has 2 rings (SSSR count). The van der Waals surface area contributed by atoms with E-state index in [0.717, 1.165) is 23.7 Å². The summed E-state index contributed by atoms with van der Waals surface area (Å²) in [4.78, 5) is 5.11. The van der Waals surface area contributed by atoms with Crippen molar-refractivity contribution in [2.45, 2.75) is 37.3 Å². The second-order valence-corrected chi connectivity index (χ2v) is 5.76. The molecule has 3 nitrogen and oxygen atoms in total. The molecule has 0 amide bonds. The van der Waals surface area contributed by atoms with Crippen LogP contribution in [-0.2, 0) is 13.0 Å². The van der Waals surface area contributed by atoms with E-state index < -0.39 is 6.10 Å². The van der Waals surface area contributed by atoms with Crippen LogP contribution in [-0.4, -0.2) is 26.5 Å². The van der Waals surface area contributed by atoms with E-state index in [1.807, 2.05) is 12.3 Å². The van der Waals surface area contributed by atoms with Gasteiger partial charge in [0.15, 0.2) is 0 Å². The maximum absolute atomic E-state index is 13.0. The van der Waals surface area contributed by atoms with E-state index in [2.05, 4.69) is 16.5 Å². The van der Waals surface area contributed by atoms with Gasteiger partial charge in [0.25, 0.3) is 0 Å². The molecule has 1 heterocycles. The van der Waals surface area contributed by atoms with Crippen LogP contribution in [0.2, 0.25) is 0 Å². The van der Waals surface area contributed by atoms with Crippen LogP contribution in [0.15, 0.2) is 41.6 Å². The normalized spacial score (nSPS) is 12.6. The summed E-state index contributed by atoms with van der Waals surface area (Å²) in [5.41, 5.74) is 0. The predicted molar refractivity (Wildman–Crippen MR) is 79.4 cm³/mol. The van der Waals surface area contributed by atoms with Crippen molar-refractivity contribution in [1.29, 1.82) is 0 Å². The minimum Gasteiger partial charge on any atom is -0.392 e. The lowest BCUT2D eigenvalue weighted by Crippen LogP contribution is -2.17. The standard InChI is InChI=1S/C15H19FN2OS/c1-2-7-18-8-6-17-15(18)10-13(19)11-20-14-5-3-4-12(16)9-14/h3-6,8-9,13,19H,2,7,10-11H2,1H3. The van der Waals surface area contributed by atoms with Crippen LogP contribution in [0.25, 0.3) is 0 Å². The number of imidazole rings is 1. The van der Waals surface area contributed by atoms with E-state index >= 15 is 0 Å². The molecule has 0 spiro atoms. The van der Waals surface area contributed by atoms with Crippen molar-refractivity contribution in [2.75, 3.05) is 5.75 Å². The average Bonchev–Trinajstić information content (AvgIpc) is 2.84. The van der Waals surface area contributed by atoms with Crippen molar-refractivity contribution in [1.82, 2.24) is 9.55 Å². The Hall–Kier alpha value is -1.33. The number of hydrogen-bond donors (Lipinski definition) is 1. The Bertz CT molecular complexity index is 544. The highest BCUT2D eigenvalue weighted by molar-refractivity contribution is 7.99. The molecule has 0 saturated heterocycles. The number of hydrogen-bond acceptors (Lipinski definition) is 3. The summed E-state index contributed by atoms with van der Waals surface area (Å²) in [6.07, 6.45) is 4.77. The molecular weight excluding hydrogens is 275 g/mol. The van der Waals surface area contributed by atoms with Crippen LogP contribution in [0.4, 0.5) is 4.39 Å². The molecule has 2 aromatic rings. The fourth-order valence-corrected chi connectivity index (χ4v) is 2.87. The Labute approximate surface area is 122 Å². The van der Waals surface area contributed by atoms with Gasteiger partial charge in [0, 0.05) is 36.0 Å². The van der Waals surface area contributed by atoms with Crippen LogP contribution in [0.1, 0.15) is 19.2 Å². The zero-order valence-electron chi connectivity index (χ0n) is 11.5. The second kappa shape index (κ2) is 7.45. The number of aliphatic hydroxyl groups is 1. The van der Waals surface area contributed by atoms with Crippen molar-refractivity contribution < 1.29 is 9.50 Å². The molecule has 0 saturated carbocycles. The number of rotatable bonds is 7. The molecule has 1 N–H and O–H groups in total. The highest BCUT2D eigenvalue weighted by Crippen LogP contribution is 2.20. The Balaban J connectivity index is 1.86. The van der Waals surface area contributed by atoms with Crippen molar-refractivity contribution in [2.24, 2.45) is 0 Å². The molecule has 0 fully saturated rings. The predicted octanol–water partition coefficient (Wildman–Crippen LogP) is 3.13. The molecule has 0 aliphatic rings. The fraction of sp³-hybridized carbons (Fsp3) is 0.400. The Morgan fingerprint density at radius 2 is 2.30 bits per heavy atom. The van der Waals surface area contributed by atoms with Gasteiger partial charge in [-0.25, -0.2) is 9.37 Å². The molecule has 1 aromatic carbocycles. The van der Waals surface area contributed by atoms with Gasteiger partial charge in [-0.05, 0) is 24.6 Å². The first kappa shape index (κ1) is 15.1. The monoisotopic (exact) mass is 294 g/mol. The van der Waals surface area contributed by atoms with Gasteiger partial charge < -0.3 is 9.67 Å². The Kier molecular flexibility index (Phi) is 5.61. The van der Waals surface area contributed by atoms with E-state index in [1.165, 1.54) is 23.9 Å². The first-order chi connectivity index (χ1) is 9.69. The number of halogens is 1. The molecule has 1 unspecified atom stereocenters. The minimum absolute atomic E-state index is 0.247. The summed E-state index contributed by atoms with van der Waals surface area (Å²) in [7, 11) is 0. The molecule has 1 atom stereocenters. The summed E-state index contributed by atoms with van der Waals surface area (Å²) in [6.45, 7) is 3.03. The Morgan fingerprint density at radius 3 is 3.05 bits per heavy atom. The van der Waals surface area contributed by atoms with Gasteiger partial charge in [-0.15, -0.1) is 11.8 Å². The third kappa shape index (κ3) is 4.35.